The molecule has 0 N–H and O–H groups in total. The lowest BCUT2D eigenvalue weighted by Gasteiger charge is -2.18. The fourth-order valence-corrected chi connectivity index (χ4v) is 1.22. The lowest BCUT2D eigenvalue weighted by molar-refractivity contribution is 0.0909. The van der Waals surface area contributed by atoms with Crippen LogP contribution in [-0.4, -0.2) is 30.1 Å². The Labute approximate surface area is 56.5 Å². The second-order valence-electron chi connectivity index (χ2n) is 3.00. The molecule has 2 nitrogen and oxygen atoms in total. The molecule has 1 radical (unpaired) electrons. The van der Waals surface area contributed by atoms with Crippen molar-refractivity contribution < 1.29 is 5.11 Å². The first-order valence-corrected chi connectivity index (χ1v) is 3.60. The molecule has 1 rings (SSSR count). The maximum absolute atomic E-state index is 10.8. The van der Waals surface area contributed by atoms with Crippen molar-refractivity contribution in [1.29, 1.82) is 0 Å². The Kier molecular flexibility index (Phi) is 2.09. The third-order valence-electron chi connectivity index (χ3n) is 1.91. The molecule has 1 fully saturated rings. The molecular weight excluding hydrogens is 114 g/mol. The molecule has 1 aliphatic heterocycles. The maximum Gasteiger partial charge on any atom is 0.107 e. The number of hydrogen-bond donors (Lipinski definition) is 0. The topological polar surface area (TPSA) is 23.1 Å². The molecule has 0 saturated carbocycles. The molecule has 9 heavy (non-hydrogen) atoms. The van der Waals surface area contributed by atoms with Crippen LogP contribution in [0.3, 0.4) is 0 Å². The number of likely N-dealkylation sites (tertiary alicyclic amines) is 1. The van der Waals surface area contributed by atoms with Crippen LogP contribution in [0.5, 0.6) is 0 Å². The van der Waals surface area contributed by atoms with Crippen molar-refractivity contribution in [2.75, 3.05) is 13.1 Å². The van der Waals surface area contributed by atoms with Gasteiger partial charge in [-0.1, -0.05) is 0 Å². The SMILES string of the molecule is CC(C)N1CCC([O])C1. The molecule has 0 aliphatic carbocycles. The van der Waals surface area contributed by atoms with Crippen LogP contribution in [0.15, 0.2) is 0 Å². The average Bonchev–Trinajstić information content (AvgIpc) is 2.14. The standard InChI is InChI=1S/C7H14NO/c1-6(2)8-4-3-7(9)5-8/h6-7H,3-5H2,1-2H3. The van der Waals surface area contributed by atoms with Gasteiger partial charge in [-0.2, -0.15) is 0 Å². The van der Waals surface area contributed by atoms with Gasteiger partial charge in [-0.3, -0.25) is 4.90 Å². The summed E-state index contributed by atoms with van der Waals surface area (Å²) in [5.74, 6) is 0. The zero-order chi connectivity index (χ0) is 6.85. The molecule has 0 aromatic heterocycles. The smallest absolute Gasteiger partial charge is 0.107 e. The minimum absolute atomic E-state index is 0.313. The van der Waals surface area contributed by atoms with E-state index in [0.717, 1.165) is 19.5 Å². The van der Waals surface area contributed by atoms with Crippen molar-refractivity contribution >= 4 is 0 Å². The summed E-state index contributed by atoms with van der Waals surface area (Å²) in [6, 6.07) is 0.559. The lowest BCUT2D eigenvalue weighted by Crippen LogP contribution is -2.28. The van der Waals surface area contributed by atoms with Gasteiger partial charge in [-0.25, -0.2) is 5.11 Å². The van der Waals surface area contributed by atoms with E-state index < -0.39 is 0 Å². The van der Waals surface area contributed by atoms with Crippen LogP contribution in [0, 0.1) is 0 Å². The van der Waals surface area contributed by atoms with Crippen LogP contribution in [-0.2, 0) is 5.11 Å². The molecule has 53 valence electrons. The minimum Gasteiger partial charge on any atom is -0.298 e. The van der Waals surface area contributed by atoms with Gasteiger partial charge in [-0.05, 0) is 20.3 Å². The zero-order valence-electron chi connectivity index (χ0n) is 6.13. The van der Waals surface area contributed by atoms with Crippen molar-refractivity contribution in [3.63, 3.8) is 0 Å². The highest BCUT2D eigenvalue weighted by Crippen LogP contribution is 2.11. The second-order valence-corrected chi connectivity index (χ2v) is 3.00. The summed E-state index contributed by atoms with van der Waals surface area (Å²) in [4.78, 5) is 2.23. The van der Waals surface area contributed by atoms with E-state index in [-0.39, 0.29) is 6.10 Å². The van der Waals surface area contributed by atoms with Crippen molar-refractivity contribution in [1.82, 2.24) is 4.90 Å². The second kappa shape index (κ2) is 2.67. The van der Waals surface area contributed by atoms with Crippen LogP contribution in [0.25, 0.3) is 0 Å². The summed E-state index contributed by atoms with van der Waals surface area (Å²) in [6.45, 7) is 6.04. The first-order valence-electron chi connectivity index (χ1n) is 3.60. The number of hydrogen-bond acceptors (Lipinski definition) is 1. The molecule has 0 bridgehead atoms. The number of nitrogens with zero attached hydrogens (tertiary/aromatic N) is 1. The highest BCUT2D eigenvalue weighted by atomic mass is 16.3. The van der Waals surface area contributed by atoms with E-state index in [2.05, 4.69) is 18.7 Å². The Hall–Kier alpha value is -0.0800. The van der Waals surface area contributed by atoms with Crippen molar-refractivity contribution in [2.45, 2.75) is 32.4 Å². The van der Waals surface area contributed by atoms with Gasteiger partial charge in [0.15, 0.2) is 0 Å². The van der Waals surface area contributed by atoms with E-state index >= 15 is 0 Å². The summed E-state index contributed by atoms with van der Waals surface area (Å²) in [5, 5.41) is 10.8. The fourth-order valence-electron chi connectivity index (χ4n) is 1.22. The Morgan fingerprint density at radius 2 is 2.22 bits per heavy atom. The maximum atomic E-state index is 10.8. The van der Waals surface area contributed by atoms with Gasteiger partial charge >= 0.3 is 0 Å². The molecule has 0 aromatic rings. The van der Waals surface area contributed by atoms with E-state index in [4.69, 9.17) is 0 Å². The molecule has 1 saturated heterocycles. The average molecular weight is 128 g/mol. The Bertz CT molecular complexity index is 92.9. The van der Waals surface area contributed by atoms with E-state index in [9.17, 15) is 5.11 Å². The molecule has 1 aliphatic rings. The van der Waals surface area contributed by atoms with Crippen LogP contribution in [0.1, 0.15) is 20.3 Å². The molecule has 1 heterocycles. The van der Waals surface area contributed by atoms with E-state index in [0.29, 0.717) is 6.04 Å². The molecule has 0 aromatic carbocycles. The third kappa shape index (κ3) is 1.66. The molecule has 2 heteroatoms. The monoisotopic (exact) mass is 128 g/mol. The first kappa shape index (κ1) is 7.03. The van der Waals surface area contributed by atoms with Gasteiger partial charge in [0.05, 0.1) is 0 Å². The summed E-state index contributed by atoms with van der Waals surface area (Å²) >= 11 is 0. The van der Waals surface area contributed by atoms with Gasteiger partial charge in [0.2, 0.25) is 0 Å². The molecule has 1 unspecified atom stereocenters. The summed E-state index contributed by atoms with van der Waals surface area (Å²) in [5.41, 5.74) is 0. The van der Waals surface area contributed by atoms with E-state index in [1.165, 1.54) is 0 Å². The fraction of sp³-hybridized carbons (Fsp3) is 1.00. The Balaban J connectivity index is 2.30. The van der Waals surface area contributed by atoms with E-state index in [1.807, 2.05) is 0 Å². The minimum atomic E-state index is -0.313. The summed E-state index contributed by atoms with van der Waals surface area (Å²) in [7, 11) is 0. The zero-order valence-corrected chi connectivity index (χ0v) is 6.13. The van der Waals surface area contributed by atoms with Gasteiger partial charge in [0.1, 0.15) is 6.10 Å². The first-order chi connectivity index (χ1) is 4.20. The van der Waals surface area contributed by atoms with Gasteiger partial charge < -0.3 is 0 Å². The van der Waals surface area contributed by atoms with Crippen LogP contribution in [0.2, 0.25) is 0 Å². The molecular formula is C7H14NO. The summed E-state index contributed by atoms with van der Waals surface area (Å²) < 4.78 is 0. The predicted molar refractivity (Wildman–Crippen MR) is 35.8 cm³/mol. The third-order valence-corrected chi connectivity index (χ3v) is 1.91. The molecule has 1 atom stereocenters. The van der Waals surface area contributed by atoms with Gasteiger partial charge in [0, 0.05) is 19.1 Å². The summed E-state index contributed by atoms with van der Waals surface area (Å²) in [6.07, 6.45) is 0.533. The quantitative estimate of drug-likeness (QED) is 0.514. The Morgan fingerprint density at radius 3 is 2.44 bits per heavy atom. The normalized spacial score (nSPS) is 30.0. The van der Waals surface area contributed by atoms with E-state index in [1.54, 1.807) is 0 Å². The van der Waals surface area contributed by atoms with Crippen LogP contribution >= 0.6 is 0 Å². The largest absolute Gasteiger partial charge is 0.298 e. The van der Waals surface area contributed by atoms with Gasteiger partial charge in [-0.15, -0.1) is 0 Å². The van der Waals surface area contributed by atoms with Crippen molar-refractivity contribution in [2.24, 2.45) is 0 Å². The van der Waals surface area contributed by atoms with Gasteiger partial charge in [0.25, 0.3) is 0 Å². The van der Waals surface area contributed by atoms with Crippen molar-refractivity contribution in [3.8, 4) is 0 Å². The lowest BCUT2D eigenvalue weighted by atomic mass is 10.3. The highest BCUT2D eigenvalue weighted by molar-refractivity contribution is 4.76. The predicted octanol–water partition coefficient (Wildman–Crippen LogP) is 0.900. The van der Waals surface area contributed by atoms with Crippen molar-refractivity contribution in [3.05, 3.63) is 0 Å². The highest BCUT2D eigenvalue weighted by Gasteiger charge is 2.22. The number of rotatable bonds is 1. The molecule has 0 spiro atoms. The van der Waals surface area contributed by atoms with Crippen LogP contribution in [0.4, 0.5) is 0 Å². The Morgan fingerprint density at radius 1 is 1.56 bits per heavy atom. The van der Waals surface area contributed by atoms with Crippen LogP contribution < -0.4 is 0 Å². The molecule has 0 amide bonds.